The summed E-state index contributed by atoms with van der Waals surface area (Å²) in [6.07, 6.45) is 1.28. The number of hydrogen-bond donors (Lipinski definition) is 2. The summed E-state index contributed by atoms with van der Waals surface area (Å²) < 4.78 is 0. The number of rotatable bonds is 0. The molecule has 0 unspecified atom stereocenters. The second kappa shape index (κ2) is 10.7. The Balaban J connectivity index is -0.0000000833. The Bertz CT molecular complexity index is 24.1. The van der Waals surface area contributed by atoms with Gasteiger partial charge in [-0.05, 0) is 6.42 Å². The second-order valence-electron chi connectivity index (χ2n) is 1.21. The van der Waals surface area contributed by atoms with E-state index in [9.17, 15) is 0 Å². The van der Waals surface area contributed by atoms with Gasteiger partial charge in [0.15, 0.2) is 0 Å². The van der Waals surface area contributed by atoms with Gasteiger partial charge in [0.2, 0.25) is 0 Å². The first-order chi connectivity index (χ1) is 2.50. The van der Waals surface area contributed by atoms with E-state index in [0.717, 1.165) is 13.1 Å². The smallest absolute Gasteiger partial charge is 0.0112 e. The maximum absolute atomic E-state index is 2.97. The quantitative estimate of drug-likeness (QED) is 0.576. The summed E-state index contributed by atoms with van der Waals surface area (Å²) in [5.41, 5.74) is 5.94. The van der Waals surface area contributed by atoms with Crippen LogP contribution in [0.25, 0.3) is 0 Å². The van der Waals surface area contributed by atoms with Crippen LogP contribution in [0.2, 0.25) is 0 Å². The van der Waals surface area contributed by atoms with E-state index in [1.54, 1.807) is 0 Å². The molecule has 0 saturated carbocycles. The van der Waals surface area contributed by atoms with E-state index in [1.165, 1.54) is 6.42 Å². The third kappa shape index (κ3) is 6.79. The van der Waals surface area contributed by atoms with Crippen LogP contribution in [0.3, 0.4) is 0 Å². The maximum Gasteiger partial charge on any atom is 0.0112 e. The summed E-state index contributed by atoms with van der Waals surface area (Å²) in [6, 6.07) is 0. The Morgan fingerprint density at radius 2 is 1.12 bits per heavy atom. The molecule has 8 heavy (non-hydrogen) atoms. The summed E-state index contributed by atoms with van der Waals surface area (Å²) in [6.45, 7) is 2.28. The zero-order valence-electron chi connectivity index (χ0n) is 4.35. The summed E-state index contributed by atoms with van der Waals surface area (Å²) in [5.74, 6) is 0. The van der Waals surface area contributed by atoms with Gasteiger partial charge in [-0.2, -0.15) is 0 Å². The van der Waals surface area contributed by atoms with Crippen LogP contribution >= 0.6 is 37.2 Å². The lowest BCUT2D eigenvalue weighted by Crippen LogP contribution is -2.21. The van der Waals surface area contributed by atoms with Gasteiger partial charge >= 0.3 is 0 Å². The van der Waals surface area contributed by atoms with Crippen LogP contribution < -0.4 is 10.9 Å². The van der Waals surface area contributed by atoms with E-state index in [1.807, 2.05) is 0 Å². The van der Waals surface area contributed by atoms with Gasteiger partial charge in [0.25, 0.3) is 0 Å². The third-order valence-electron chi connectivity index (χ3n) is 0.729. The molecule has 5 heteroatoms. The Kier molecular flexibility index (Phi) is 21.3. The highest BCUT2D eigenvalue weighted by Crippen LogP contribution is 1.74. The lowest BCUT2D eigenvalue weighted by molar-refractivity contribution is 0.689. The molecule has 0 amide bonds. The minimum absolute atomic E-state index is 0. The highest BCUT2D eigenvalue weighted by Gasteiger charge is 1.91. The molecule has 0 aromatic rings. The van der Waals surface area contributed by atoms with Crippen LogP contribution in [0, 0.1) is 0 Å². The van der Waals surface area contributed by atoms with E-state index in [-0.39, 0.29) is 37.2 Å². The fourth-order valence-electron chi connectivity index (χ4n) is 0.442. The topological polar surface area (TPSA) is 24.1 Å². The van der Waals surface area contributed by atoms with Crippen molar-refractivity contribution < 1.29 is 0 Å². The molecule has 0 radical (unpaired) electrons. The van der Waals surface area contributed by atoms with E-state index >= 15 is 0 Å². The molecule has 1 aliphatic heterocycles. The van der Waals surface area contributed by atoms with Crippen molar-refractivity contribution in [3.8, 4) is 0 Å². The van der Waals surface area contributed by atoms with Gasteiger partial charge in [0.1, 0.15) is 0 Å². The molecule has 2 nitrogen and oxygen atoms in total. The molecule has 0 bridgehead atoms. The number of halogens is 3. The molecular formula is C3H11Cl3N2. The van der Waals surface area contributed by atoms with Crippen LogP contribution in [0.15, 0.2) is 0 Å². The number of hydrazine groups is 1. The van der Waals surface area contributed by atoms with E-state index in [4.69, 9.17) is 0 Å². The van der Waals surface area contributed by atoms with Gasteiger partial charge in [-0.15, -0.1) is 37.2 Å². The summed E-state index contributed by atoms with van der Waals surface area (Å²) in [4.78, 5) is 0. The average molecular weight is 181 g/mol. The van der Waals surface area contributed by atoms with Gasteiger partial charge < -0.3 is 0 Å². The molecule has 0 aromatic heterocycles. The molecule has 1 rings (SSSR count). The molecule has 1 heterocycles. The maximum atomic E-state index is 2.97. The monoisotopic (exact) mass is 180 g/mol. The Morgan fingerprint density at radius 3 is 1.25 bits per heavy atom. The van der Waals surface area contributed by atoms with E-state index in [0.29, 0.717) is 0 Å². The van der Waals surface area contributed by atoms with Gasteiger partial charge in [0, 0.05) is 13.1 Å². The Labute approximate surface area is 68.0 Å². The number of nitrogens with one attached hydrogen (secondary N) is 2. The molecule has 54 valence electrons. The highest BCUT2D eigenvalue weighted by atomic mass is 35.5. The van der Waals surface area contributed by atoms with Gasteiger partial charge in [-0.3, -0.25) is 10.9 Å². The fraction of sp³-hybridized carbons (Fsp3) is 1.00. The highest BCUT2D eigenvalue weighted by molar-refractivity contribution is 5.86. The minimum Gasteiger partial charge on any atom is -0.258 e. The largest absolute Gasteiger partial charge is 0.258 e. The van der Waals surface area contributed by atoms with Crippen LogP contribution in [0.1, 0.15) is 6.42 Å². The van der Waals surface area contributed by atoms with Gasteiger partial charge in [-0.1, -0.05) is 0 Å². The molecule has 0 aliphatic carbocycles. The van der Waals surface area contributed by atoms with Crippen molar-refractivity contribution in [1.29, 1.82) is 0 Å². The van der Waals surface area contributed by atoms with Crippen molar-refractivity contribution >= 4 is 37.2 Å². The zero-order valence-corrected chi connectivity index (χ0v) is 6.80. The first kappa shape index (κ1) is 15.9. The second-order valence-corrected chi connectivity index (χ2v) is 1.21. The Morgan fingerprint density at radius 1 is 0.750 bits per heavy atom. The molecule has 0 aromatic carbocycles. The summed E-state index contributed by atoms with van der Waals surface area (Å²) in [5, 5.41) is 0. The first-order valence-corrected chi connectivity index (χ1v) is 1.96. The SMILES string of the molecule is C1CNNC1.Cl.Cl.Cl. The zero-order chi connectivity index (χ0) is 3.54. The molecule has 0 spiro atoms. The van der Waals surface area contributed by atoms with E-state index < -0.39 is 0 Å². The predicted octanol–water partition coefficient (Wildman–Crippen LogP) is 0.750. The van der Waals surface area contributed by atoms with Crippen LogP contribution in [-0.4, -0.2) is 13.1 Å². The molecule has 0 atom stereocenters. The molecule has 1 aliphatic rings. The van der Waals surface area contributed by atoms with Gasteiger partial charge in [0.05, 0.1) is 0 Å². The van der Waals surface area contributed by atoms with Crippen molar-refractivity contribution in [1.82, 2.24) is 10.9 Å². The van der Waals surface area contributed by atoms with Crippen molar-refractivity contribution in [2.45, 2.75) is 6.42 Å². The fourth-order valence-corrected chi connectivity index (χ4v) is 0.442. The molecule has 2 N–H and O–H groups in total. The number of hydrogen-bond acceptors (Lipinski definition) is 2. The summed E-state index contributed by atoms with van der Waals surface area (Å²) in [7, 11) is 0. The minimum atomic E-state index is 0. The molecule has 1 fully saturated rings. The lowest BCUT2D eigenvalue weighted by Gasteiger charge is -1.81. The normalized spacial score (nSPS) is 15.0. The molecule has 1 saturated heterocycles. The van der Waals surface area contributed by atoms with Crippen molar-refractivity contribution in [2.75, 3.05) is 13.1 Å². The lowest BCUT2D eigenvalue weighted by atomic mass is 10.5. The van der Waals surface area contributed by atoms with Crippen molar-refractivity contribution in [3.63, 3.8) is 0 Å². The Hall–Kier alpha value is 0.790. The third-order valence-corrected chi connectivity index (χ3v) is 0.729. The van der Waals surface area contributed by atoms with Crippen LogP contribution in [-0.2, 0) is 0 Å². The molecular weight excluding hydrogens is 170 g/mol. The standard InChI is InChI=1S/C3H8N2.3ClH/c1-2-4-5-3-1;;;/h4-5H,1-3H2;3*1H. The van der Waals surface area contributed by atoms with Crippen molar-refractivity contribution in [3.05, 3.63) is 0 Å². The predicted molar refractivity (Wildman–Crippen MR) is 42.4 cm³/mol. The summed E-state index contributed by atoms with van der Waals surface area (Å²) >= 11 is 0. The van der Waals surface area contributed by atoms with Gasteiger partial charge in [-0.25, -0.2) is 0 Å². The first-order valence-electron chi connectivity index (χ1n) is 1.96. The van der Waals surface area contributed by atoms with E-state index in [2.05, 4.69) is 10.9 Å². The van der Waals surface area contributed by atoms with Crippen LogP contribution in [0.4, 0.5) is 0 Å². The van der Waals surface area contributed by atoms with Crippen molar-refractivity contribution in [2.24, 2.45) is 0 Å². The van der Waals surface area contributed by atoms with Crippen LogP contribution in [0.5, 0.6) is 0 Å². The average Bonchev–Trinajstić information content (AvgIpc) is 1.76.